The van der Waals surface area contributed by atoms with Gasteiger partial charge in [-0.1, -0.05) is 24.3 Å². The molecule has 5 nitrogen and oxygen atoms in total. The predicted octanol–water partition coefficient (Wildman–Crippen LogP) is 0.386. The van der Waals surface area contributed by atoms with Gasteiger partial charge in [-0.2, -0.15) is 0 Å². The second kappa shape index (κ2) is 6.03. The van der Waals surface area contributed by atoms with Crippen LogP contribution >= 0.6 is 0 Å². The zero-order valence-corrected chi connectivity index (χ0v) is 12.1. The minimum atomic E-state index is -1.10. The number of rotatable bonds is 1. The van der Waals surface area contributed by atoms with Crippen molar-refractivity contribution >= 4 is 6.09 Å². The fraction of sp³-hybridized carbons (Fsp3) is 0.562. The highest BCUT2D eigenvalue weighted by Gasteiger charge is 2.33. The molecule has 114 valence electrons. The molecule has 5 heteroatoms. The smallest absolute Gasteiger partial charge is 0.137 e. The van der Waals surface area contributed by atoms with Crippen LogP contribution in [0, 0.1) is 0 Å². The number of aliphatic hydroxyl groups excluding tert-OH is 1. The van der Waals surface area contributed by atoms with Crippen LogP contribution in [-0.4, -0.2) is 53.3 Å². The van der Waals surface area contributed by atoms with E-state index in [2.05, 4.69) is 17.0 Å². The normalized spacial score (nSPS) is 27.0. The van der Waals surface area contributed by atoms with E-state index >= 15 is 0 Å². The van der Waals surface area contributed by atoms with E-state index in [-0.39, 0.29) is 12.1 Å². The van der Waals surface area contributed by atoms with Gasteiger partial charge in [-0.3, -0.25) is 4.90 Å². The lowest BCUT2D eigenvalue weighted by Gasteiger charge is -2.42. The number of amides is 1. The SMILES string of the molecule is O=C([O-])N1CCN(C2c3ccccc3CCCC2O)CC1. The fourth-order valence-corrected chi connectivity index (χ4v) is 3.54. The Morgan fingerprint density at radius 1 is 1.19 bits per heavy atom. The number of benzene rings is 1. The number of piperazine rings is 1. The molecule has 1 heterocycles. The van der Waals surface area contributed by atoms with Gasteiger partial charge in [0.2, 0.25) is 0 Å². The minimum absolute atomic E-state index is 0.0207. The van der Waals surface area contributed by atoms with Crippen LogP contribution in [-0.2, 0) is 6.42 Å². The number of hydrogen-bond donors (Lipinski definition) is 1. The third kappa shape index (κ3) is 2.89. The van der Waals surface area contributed by atoms with Crippen molar-refractivity contribution in [3.63, 3.8) is 0 Å². The molecule has 0 aromatic heterocycles. The number of carbonyl (C=O) groups is 1. The summed E-state index contributed by atoms with van der Waals surface area (Å²) in [7, 11) is 0. The fourth-order valence-electron chi connectivity index (χ4n) is 3.54. The summed E-state index contributed by atoms with van der Waals surface area (Å²) in [5.74, 6) is 0. The Bertz CT molecular complexity index is 512. The lowest BCUT2D eigenvalue weighted by Crippen LogP contribution is -2.54. The van der Waals surface area contributed by atoms with Crippen LogP contribution in [0.4, 0.5) is 4.79 Å². The van der Waals surface area contributed by atoms with Gasteiger partial charge in [-0.25, -0.2) is 0 Å². The van der Waals surface area contributed by atoms with Crippen molar-refractivity contribution in [1.29, 1.82) is 0 Å². The Morgan fingerprint density at radius 2 is 1.90 bits per heavy atom. The Hall–Kier alpha value is -1.59. The maximum absolute atomic E-state index is 10.9. The van der Waals surface area contributed by atoms with Crippen LogP contribution in [0.5, 0.6) is 0 Å². The number of nitrogens with zero attached hydrogens (tertiary/aromatic N) is 2. The van der Waals surface area contributed by atoms with E-state index in [0.717, 1.165) is 19.3 Å². The summed E-state index contributed by atoms with van der Waals surface area (Å²) in [4.78, 5) is 14.5. The van der Waals surface area contributed by atoms with Gasteiger partial charge in [0.15, 0.2) is 0 Å². The van der Waals surface area contributed by atoms with Gasteiger partial charge in [0, 0.05) is 26.2 Å². The Morgan fingerprint density at radius 3 is 2.62 bits per heavy atom. The van der Waals surface area contributed by atoms with Gasteiger partial charge < -0.3 is 19.9 Å². The molecule has 0 radical (unpaired) electrons. The van der Waals surface area contributed by atoms with Gasteiger partial charge in [0.05, 0.1) is 12.1 Å². The molecule has 2 aliphatic rings. The summed E-state index contributed by atoms with van der Waals surface area (Å²) < 4.78 is 0. The first-order chi connectivity index (χ1) is 10.2. The van der Waals surface area contributed by atoms with Crippen molar-refractivity contribution in [3.8, 4) is 0 Å². The molecule has 1 saturated heterocycles. The van der Waals surface area contributed by atoms with Crippen molar-refractivity contribution in [2.24, 2.45) is 0 Å². The molecule has 1 amide bonds. The van der Waals surface area contributed by atoms with Crippen molar-refractivity contribution < 1.29 is 15.0 Å². The van der Waals surface area contributed by atoms with E-state index in [1.165, 1.54) is 16.0 Å². The zero-order chi connectivity index (χ0) is 14.8. The maximum atomic E-state index is 10.9. The molecule has 0 bridgehead atoms. The number of fused-ring (bicyclic) bond motifs is 1. The standard InChI is InChI=1S/C16H22N2O3/c19-14-7-3-5-12-4-1-2-6-13(12)15(14)17-8-10-18(11-9-17)16(20)21/h1-2,4,6,14-15,19H,3,5,7-11H2,(H,20,21)/p-1. The Labute approximate surface area is 124 Å². The highest BCUT2D eigenvalue weighted by atomic mass is 16.4. The second-order valence-corrected chi connectivity index (χ2v) is 5.89. The molecule has 2 atom stereocenters. The number of aliphatic hydroxyl groups is 1. The monoisotopic (exact) mass is 289 g/mol. The third-order valence-corrected chi connectivity index (χ3v) is 4.65. The first-order valence-corrected chi connectivity index (χ1v) is 7.62. The van der Waals surface area contributed by atoms with Gasteiger partial charge in [0.1, 0.15) is 6.09 Å². The average molecular weight is 289 g/mol. The summed E-state index contributed by atoms with van der Waals surface area (Å²) in [6.45, 7) is 2.19. The summed E-state index contributed by atoms with van der Waals surface area (Å²) in [5.41, 5.74) is 2.51. The lowest BCUT2D eigenvalue weighted by atomic mass is 9.95. The number of aryl methyl sites for hydroxylation is 1. The molecule has 1 aliphatic carbocycles. The molecule has 1 fully saturated rings. The molecule has 1 aromatic rings. The summed E-state index contributed by atoms with van der Waals surface area (Å²) >= 11 is 0. The maximum Gasteiger partial charge on any atom is 0.137 e. The first-order valence-electron chi connectivity index (χ1n) is 7.62. The largest absolute Gasteiger partial charge is 0.530 e. The van der Waals surface area contributed by atoms with Gasteiger partial charge in [0.25, 0.3) is 0 Å². The van der Waals surface area contributed by atoms with E-state index in [9.17, 15) is 15.0 Å². The average Bonchev–Trinajstić information content (AvgIpc) is 2.65. The summed E-state index contributed by atoms with van der Waals surface area (Å²) in [6.07, 6.45) is 1.30. The molecule has 0 saturated carbocycles. The Kier molecular flexibility index (Phi) is 4.12. The lowest BCUT2D eigenvalue weighted by molar-refractivity contribution is -0.267. The van der Waals surface area contributed by atoms with Crippen LogP contribution in [0.1, 0.15) is 30.0 Å². The van der Waals surface area contributed by atoms with Crippen LogP contribution in [0.3, 0.4) is 0 Å². The van der Waals surface area contributed by atoms with E-state index in [0.29, 0.717) is 26.2 Å². The predicted molar refractivity (Wildman–Crippen MR) is 76.7 cm³/mol. The van der Waals surface area contributed by atoms with Gasteiger partial charge in [-0.05, 0) is 30.4 Å². The molecule has 3 rings (SSSR count). The summed E-state index contributed by atoms with van der Waals surface area (Å²) in [5, 5.41) is 21.4. The first kappa shape index (κ1) is 14.4. The van der Waals surface area contributed by atoms with Crippen LogP contribution in [0.2, 0.25) is 0 Å². The molecular formula is C16H21N2O3-. The minimum Gasteiger partial charge on any atom is -0.530 e. The summed E-state index contributed by atoms with van der Waals surface area (Å²) in [6, 6.07) is 8.27. The molecule has 2 unspecified atom stereocenters. The zero-order valence-electron chi connectivity index (χ0n) is 12.1. The van der Waals surface area contributed by atoms with Gasteiger partial charge >= 0.3 is 0 Å². The second-order valence-electron chi connectivity index (χ2n) is 5.89. The van der Waals surface area contributed by atoms with Crippen molar-refractivity contribution in [2.45, 2.75) is 31.4 Å². The van der Waals surface area contributed by atoms with Crippen molar-refractivity contribution in [3.05, 3.63) is 35.4 Å². The molecule has 1 aliphatic heterocycles. The van der Waals surface area contributed by atoms with E-state index in [1.54, 1.807) is 0 Å². The van der Waals surface area contributed by atoms with E-state index in [4.69, 9.17) is 0 Å². The third-order valence-electron chi connectivity index (χ3n) is 4.65. The quantitative estimate of drug-likeness (QED) is 0.759. The number of carboxylic acid groups (broad SMARTS) is 1. The van der Waals surface area contributed by atoms with Crippen molar-refractivity contribution in [2.75, 3.05) is 26.2 Å². The van der Waals surface area contributed by atoms with Gasteiger partial charge in [-0.15, -0.1) is 0 Å². The van der Waals surface area contributed by atoms with E-state index in [1.807, 2.05) is 12.1 Å². The van der Waals surface area contributed by atoms with E-state index < -0.39 is 6.09 Å². The van der Waals surface area contributed by atoms with Crippen LogP contribution in [0.25, 0.3) is 0 Å². The molecule has 1 aromatic carbocycles. The molecule has 1 N–H and O–H groups in total. The highest BCUT2D eigenvalue weighted by molar-refractivity contribution is 5.62. The van der Waals surface area contributed by atoms with Crippen molar-refractivity contribution in [1.82, 2.24) is 9.80 Å². The van der Waals surface area contributed by atoms with Crippen LogP contribution in [0.15, 0.2) is 24.3 Å². The molecule has 0 spiro atoms. The topological polar surface area (TPSA) is 66.8 Å². The van der Waals surface area contributed by atoms with Crippen LogP contribution < -0.4 is 5.11 Å². The molecule has 21 heavy (non-hydrogen) atoms. The molecular weight excluding hydrogens is 268 g/mol. The number of carbonyl (C=O) groups excluding carboxylic acids is 1. The Balaban J connectivity index is 1.82. The highest BCUT2D eigenvalue weighted by Crippen LogP contribution is 2.34. The number of hydrogen-bond acceptors (Lipinski definition) is 4.